The number of carbonyl (C=O) groups is 2. The summed E-state index contributed by atoms with van der Waals surface area (Å²) in [6, 6.07) is 3.35. The number of ether oxygens (including phenoxy) is 2. The molecule has 0 radical (unpaired) electrons. The summed E-state index contributed by atoms with van der Waals surface area (Å²) in [6.07, 6.45) is 1.79. The van der Waals surface area contributed by atoms with Crippen LogP contribution in [-0.4, -0.2) is 74.1 Å². The van der Waals surface area contributed by atoms with Gasteiger partial charge in [0.2, 0.25) is 5.91 Å². The zero-order chi connectivity index (χ0) is 19.4. The molecule has 2 fully saturated rings. The highest BCUT2D eigenvalue weighted by Crippen LogP contribution is 2.37. The molecule has 0 spiro atoms. The fourth-order valence-corrected chi connectivity index (χ4v) is 3.98. The van der Waals surface area contributed by atoms with E-state index in [2.05, 4.69) is 5.32 Å². The summed E-state index contributed by atoms with van der Waals surface area (Å²) < 4.78 is 10.9. The Morgan fingerprint density at radius 2 is 2.14 bits per heavy atom. The summed E-state index contributed by atoms with van der Waals surface area (Å²) in [6.45, 7) is 5.38. The van der Waals surface area contributed by atoms with Gasteiger partial charge in [-0.2, -0.15) is 0 Å². The molecule has 1 N–H and O–H groups in total. The summed E-state index contributed by atoms with van der Waals surface area (Å²) in [5, 5.41) is 3.44. The molecule has 0 saturated carbocycles. The van der Waals surface area contributed by atoms with Gasteiger partial charge in [0.05, 0.1) is 25.3 Å². The maximum atomic E-state index is 13.1. The molecule has 0 aliphatic carbocycles. The quantitative estimate of drug-likeness (QED) is 0.773. The van der Waals surface area contributed by atoms with Crippen LogP contribution in [0.15, 0.2) is 12.1 Å². The zero-order valence-electron chi connectivity index (χ0n) is 16.2. The highest BCUT2D eigenvalue weighted by atomic mass is 35.5. The van der Waals surface area contributed by atoms with Gasteiger partial charge in [-0.1, -0.05) is 11.6 Å². The lowest BCUT2D eigenvalue weighted by Crippen LogP contribution is -2.57. The molecule has 156 valence electrons. The lowest BCUT2D eigenvalue weighted by atomic mass is 10.0. The first-order valence-electron chi connectivity index (χ1n) is 9.35. The van der Waals surface area contributed by atoms with E-state index in [0.29, 0.717) is 54.9 Å². The van der Waals surface area contributed by atoms with Gasteiger partial charge in [0.25, 0.3) is 5.91 Å². The summed E-state index contributed by atoms with van der Waals surface area (Å²) in [4.78, 5) is 28.9. The molecule has 2 aliphatic heterocycles. The van der Waals surface area contributed by atoms with Crippen LogP contribution >= 0.6 is 24.0 Å². The van der Waals surface area contributed by atoms with Gasteiger partial charge in [-0.15, -0.1) is 12.4 Å². The van der Waals surface area contributed by atoms with E-state index in [9.17, 15) is 9.59 Å². The fourth-order valence-electron chi connectivity index (χ4n) is 3.71. The Hall–Kier alpha value is -1.70. The van der Waals surface area contributed by atoms with Crippen molar-refractivity contribution < 1.29 is 19.1 Å². The Morgan fingerprint density at radius 3 is 2.82 bits per heavy atom. The highest BCUT2D eigenvalue weighted by molar-refractivity contribution is 6.32. The lowest BCUT2D eigenvalue weighted by Gasteiger charge is -2.41. The highest BCUT2D eigenvalue weighted by Gasteiger charge is 2.32. The van der Waals surface area contributed by atoms with E-state index in [-0.39, 0.29) is 30.3 Å². The number of hydrogen-bond acceptors (Lipinski definition) is 5. The molecule has 0 aromatic heterocycles. The number of hydrogen-bond donors (Lipinski definition) is 1. The van der Waals surface area contributed by atoms with Gasteiger partial charge < -0.3 is 24.6 Å². The summed E-state index contributed by atoms with van der Waals surface area (Å²) in [5.74, 6) is 0.886. The van der Waals surface area contributed by atoms with Crippen molar-refractivity contribution in [2.45, 2.75) is 25.8 Å². The number of piperidine rings is 1. The molecule has 9 heteroatoms. The Kier molecular flexibility index (Phi) is 8.22. The molecule has 2 saturated heterocycles. The molecule has 7 nitrogen and oxygen atoms in total. The number of carbonyl (C=O) groups excluding carboxylic acids is 2. The Balaban J connectivity index is 0.00000280. The second kappa shape index (κ2) is 10.2. The number of likely N-dealkylation sites (tertiary alicyclic amines) is 1. The first kappa shape index (κ1) is 22.6. The number of rotatable bonds is 5. The number of amides is 2. The van der Waals surface area contributed by atoms with Crippen molar-refractivity contribution in [3.8, 4) is 11.5 Å². The van der Waals surface area contributed by atoms with Gasteiger partial charge in [-0.25, -0.2) is 0 Å². The van der Waals surface area contributed by atoms with E-state index < -0.39 is 0 Å². The third kappa shape index (κ3) is 4.82. The van der Waals surface area contributed by atoms with Gasteiger partial charge in [-0.3, -0.25) is 9.59 Å². The number of piperazine rings is 1. The van der Waals surface area contributed by atoms with Crippen LogP contribution < -0.4 is 14.8 Å². The second-order valence-corrected chi connectivity index (χ2v) is 7.14. The number of methoxy groups -OCH3 is 1. The number of nitrogens with zero attached hydrogens (tertiary/aromatic N) is 2. The second-order valence-electron chi connectivity index (χ2n) is 6.73. The van der Waals surface area contributed by atoms with Crippen molar-refractivity contribution in [3.05, 3.63) is 22.7 Å². The number of benzene rings is 1. The average Bonchev–Trinajstić information content (AvgIpc) is 2.69. The van der Waals surface area contributed by atoms with Gasteiger partial charge in [-0.05, 0) is 31.9 Å². The first-order chi connectivity index (χ1) is 13.0. The van der Waals surface area contributed by atoms with Crippen LogP contribution in [0.3, 0.4) is 0 Å². The van der Waals surface area contributed by atoms with Crippen LogP contribution in [-0.2, 0) is 4.79 Å². The molecule has 2 amide bonds. The molecule has 0 bridgehead atoms. The summed E-state index contributed by atoms with van der Waals surface area (Å²) in [7, 11) is 1.52. The van der Waals surface area contributed by atoms with Crippen molar-refractivity contribution >= 4 is 35.8 Å². The predicted molar refractivity (Wildman–Crippen MR) is 110 cm³/mol. The van der Waals surface area contributed by atoms with Gasteiger partial charge in [0, 0.05) is 37.8 Å². The largest absolute Gasteiger partial charge is 0.493 e. The van der Waals surface area contributed by atoms with Gasteiger partial charge in [0.1, 0.15) is 0 Å². The maximum absolute atomic E-state index is 13.1. The van der Waals surface area contributed by atoms with Crippen LogP contribution in [0.5, 0.6) is 11.5 Å². The van der Waals surface area contributed by atoms with Gasteiger partial charge in [0.15, 0.2) is 11.5 Å². The zero-order valence-corrected chi connectivity index (χ0v) is 17.8. The summed E-state index contributed by atoms with van der Waals surface area (Å²) in [5.41, 5.74) is 0.465. The van der Waals surface area contributed by atoms with Crippen molar-refractivity contribution in [2.24, 2.45) is 0 Å². The Morgan fingerprint density at radius 1 is 1.36 bits per heavy atom. The van der Waals surface area contributed by atoms with Gasteiger partial charge >= 0.3 is 0 Å². The molecule has 1 aromatic carbocycles. The van der Waals surface area contributed by atoms with E-state index in [1.165, 1.54) is 7.11 Å². The smallest absolute Gasteiger partial charge is 0.254 e. The standard InChI is InChI=1S/C19H26ClN3O4.ClH/c1-3-27-18-15(20)9-13(10-16(18)26-2)19(25)22-7-4-5-14(12-22)23-8-6-21-11-17(23)24;/h9-10,14,21H,3-8,11-12H2,1-2H3;1H. The minimum atomic E-state index is -0.106. The molecule has 2 heterocycles. The molecular weight excluding hydrogens is 405 g/mol. The monoisotopic (exact) mass is 431 g/mol. The van der Waals surface area contributed by atoms with Crippen molar-refractivity contribution in [1.82, 2.24) is 15.1 Å². The Labute approximate surface area is 176 Å². The molecular formula is C19H27Cl2N3O4. The predicted octanol–water partition coefficient (Wildman–Crippen LogP) is 2.21. The molecule has 1 atom stereocenters. The van der Waals surface area contributed by atoms with Crippen LogP contribution in [0.1, 0.15) is 30.1 Å². The van der Waals surface area contributed by atoms with Crippen molar-refractivity contribution in [3.63, 3.8) is 0 Å². The van der Waals surface area contributed by atoms with E-state index in [0.717, 1.165) is 19.4 Å². The third-order valence-corrected chi connectivity index (χ3v) is 5.30. The van der Waals surface area contributed by atoms with Crippen molar-refractivity contribution in [1.29, 1.82) is 0 Å². The van der Waals surface area contributed by atoms with E-state index in [4.69, 9.17) is 21.1 Å². The molecule has 3 rings (SSSR count). The van der Waals surface area contributed by atoms with Crippen molar-refractivity contribution in [2.75, 3.05) is 46.4 Å². The maximum Gasteiger partial charge on any atom is 0.254 e. The van der Waals surface area contributed by atoms with Crippen LogP contribution in [0, 0.1) is 0 Å². The average molecular weight is 432 g/mol. The Bertz CT molecular complexity index is 717. The number of halogens is 2. The van der Waals surface area contributed by atoms with E-state index in [1.54, 1.807) is 17.0 Å². The first-order valence-corrected chi connectivity index (χ1v) is 9.72. The minimum absolute atomic E-state index is 0. The SMILES string of the molecule is CCOc1c(Cl)cc(C(=O)N2CCCC(N3CCNCC3=O)C2)cc1OC.Cl. The van der Waals surface area contributed by atoms with Crippen LogP contribution in [0.2, 0.25) is 5.02 Å². The van der Waals surface area contributed by atoms with Crippen LogP contribution in [0.4, 0.5) is 0 Å². The van der Waals surface area contributed by atoms with E-state index in [1.807, 2.05) is 11.8 Å². The third-order valence-electron chi connectivity index (χ3n) is 5.02. The summed E-state index contributed by atoms with van der Waals surface area (Å²) >= 11 is 6.31. The molecule has 1 unspecified atom stereocenters. The van der Waals surface area contributed by atoms with E-state index >= 15 is 0 Å². The lowest BCUT2D eigenvalue weighted by molar-refractivity contribution is -0.135. The minimum Gasteiger partial charge on any atom is -0.493 e. The fraction of sp³-hybridized carbons (Fsp3) is 0.579. The van der Waals surface area contributed by atoms with Crippen LogP contribution in [0.25, 0.3) is 0 Å². The molecule has 1 aromatic rings. The molecule has 28 heavy (non-hydrogen) atoms. The molecule has 2 aliphatic rings. The number of nitrogens with one attached hydrogen (secondary N) is 1. The normalized spacial score (nSPS) is 19.8. The topological polar surface area (TPSA) is 71.1 Å².